The predicted octanol–water partition coefficient (Wildman–Crippen LogP) is 19.1. The predicted molar refractivity (Wildman–Crippen MR) is 319 cm³/mol. The van der Waals surface area contributed by atoms with Crippen LogP contribution in [0.4, 0.5) is 22.7 Å². The van der Waals surface area contributed by atoms with Crippen LogP contribution in [0.5, 0.6) is 11.5 Å². The number of hydrogen-bond acceptors (Lipinski definition) is 4. The van der Waals surface area contributed by atoms with E-state index in [2.05, 4.69) is 276 Å². The molecule has 0 radical (unpaired) electrons. The zero-order valence-corrected chi connectivity index (χ0v) is 44.3. The van der Waals surface area contributed by atoms with Crippen LogP contribution in [0.25, 0.3) is 104 Å². The van der Waals surface area contributed by atoms with Gasteiger partial charge in [-0.05, 0) is 79.5 Å². The Morgan fingerprint density at radius 1 is 0.372 bits per heavy atom. The molecule has 6 heteroatoms. The van der Waals surface area contributed by atoms with Gasteiger partial charge in [0.25, 0.3) is 0 Å². The smallest absolute Gasteiger partial charge is 0.143 e. The molecule has 0 unspecified atom stereocenters. The summed E-state index contributed by atoms with van der Waals surface area (Å²) >= 11 is 0. The van der Waals surface area contributed by atoms with Crippen LogP contribution in [0.1, 0.15) is 0 Å². The summed E-state index contributed by atoms with van der Waals surface area (Å²) in [6, 6.07) is 100. The molecule has 0 saturated carbocycles. The van der Waals surface area contributed by atoms with Gasteiger partial charge in [0, 0.05) is 83.2 Å². The molecule has 78 heavy (non-hydrogen) atoms. The molecule has 0 fully saturated rings. The molecular formula is C72H45N4OPt-3. The van der Waals surface area contributed by atoms with Crippen LogP contribution in [0, 0.1) is 18.8 Å². The zero-order valence-electron chi connectivity index (χ0n) is 42.0. The summed E-state index contributed by atoms with van der Waals surface area (Å²) in [4.78, 5) is 9.82. The molecule has 0 spiro atoms. The van der Waals surface area contributed by atoms with Crippen molar-refractivity contribution in [1.82, 2.24) is 9.38 Å². The summed E-state index contributed by atoms with van der Waals surface area (Å²) in [5.41, 5.74) is 15.5. The molecule has 5 nitrogen and oxygen atoms in total. The van der Waals surface area contributed by atoms with Crippen molar-refractivity contribution in [3.63, 3.8) is 0 Å². The van der Waals surface area contributed by atoms with Crippen LogP contribution in [-0.2, 0) is 21.1 Å². The Morgan fingerprint density at radius 2 is 0.859 bits per heavy atom. The number of pyridine rings is 1. The van der Waals surface area contributed by atoms with Crippen molar-refractivity contribution in [2.45, 2.75) is 0 Å². The number of anilines is 4. The van der Waals surface area contributed by atoms with Crippen molar-refractivity contribution in [2.24, 2.45) is 0 Å². The second kappa shape index (κ2) is 19.5. The minimum atomic E-state index is 0. The first-order valence-corrected chi connectivity index (χ1v) is 26.0. The first kappa shape index (κ1) is 46.9. The molecule has 15 rings (SSSR count). The largest absolute Gasteiger partial charge is 0.509 e. The van der Waals surface area contributed by atoms with E-state index in [4.69, 9.17) is 9.72 Å². The molecule has 4 heterocycles. The Labute approximate surface area is 466 Å². The summed E-state index contributed by atoms with van der Waals surface area (Å²) in [6.07, 6.45) is 1.90. The topological polar surface area (TPSA) is 33.0 Å². The van der Waals surface area contributed by atoms with E-state index in [-0.39, 0.29) is 21.1 Å². The fourth-order valence-corrected chi connectivity index (χ4v) is 11.6. The molecule has 11 aromatic carbocycles. The molecule has 1 aliphatic rings. The van der Waals surface area contributed by atoms with E-state index in [1.54, 1.807) is 0 Å². The molecule has 14 aromatic rings. The Bertz CT molecular complexity index is 4580. The van der Waals surface area contributed by atoms with Crippen LogP contribution in [0.2, 0.25) is 0 Å². The van der Waals surface area contributed by atoms with E-state index >= 15 is 0 Å². The van der Waals surface area contributed by atoms with Gasteiger partial charge >= 0.3 is 0 Å². The molecule has 0 atom stereocenters. The van der Waals surface area contributed by atoms with Crippen LogP contribution in [0.3, 0.4) is 0 Å². The van der Waals surface area contributed by atoms with E-state index < -0.39 is 0 Å². The summed E-state index contributed by atoms with van der Waals surface area (Å²) < 4.78 is 9.57. The molecule has 372 valence electrons. The number of para-hydroxylation sites is 3. The minimum absolute atomic E-state index is 0. The molecule has 0 N–H and O–H groups in total. The summed E-state index contributed by atoms with van der Waals surface area (Å²) in [7, 11) is 0. The molecule has 3 aromatic heterocycles. The third-order valence-corrected chi connectivity index (χ3v) is 15.1. The van der Waals surface area contributed by atoms with Crippen molar-refractivity contribution < 1.29 is 25.8 Å². The maximum absolute atomic E-state index is 7.24. The van der Waals surface area contributed by atoms with Gasteiger partial charge in [-0.15, -0.1) is 42.0 Å². The van der Waals surface area contributed by atoms with E-state index in [0.29, 0.717) is 11.5 Å². The monoisotopic (exact) mass is 1180 g/mol. The van der Waals surface area contributed by atoms with Crippen molar-refractivity contribution in [3.8, 4) is 56.0 Å². The van der Waals surface area contributed by atoms with Gasteiger partial charge in [0.1, 0.15) is 5.65 Å². The summed E-state index contributed by atoms with van der Waals surface area (Å²) in [5, 5.41) is 8.84. The first-order chi connectivity index (χ1) is 38.2. The maximum atomic E-state index is 7.24. The Kier molecular flexibility index (Phi) is 11.8. The quantitative estimate of drug-likeness (QED) is 0.142. The van der Waals surface area contributed by atoms with Gasteiger partial charge in [0.15, 0.2) is 0 Å². The number of aromatic nitrogens is 2. The molecular weight excluding hydrogens is 1130 g/mol. The van der Waals surface area contributed by atoms with Gasteiger partial charge in [-0.3, -0.25) is 0 Å². The minimum Gasteiger partial charge on any atom is -0.509 e. The Hall–Kier alpha value is -9.54. The van der Waals surface area contributed by atoms with Crippen molar-refractivity contribution in [2.75, 3.05) is 9.80 Å². The summed E-state index contributed by atoms with van der Waals surface area (Å²) in [5.74, 6) is 1.14. The standard InChI is InChI=1S/C72H45N4O.Pt/c1-5-22-48(23-6-1)52-42-64-60-35-16-14-33-58(60)57-32-13-15-34-59(57)61-38-21-41-73-72(61)76-68-46-69(62(51-28-11-4-12-29-51)45-63(68)65(43-52)71(64)76)77-54-31-19-30-53(44-54)74-47-75(67-40-18-17-39-66(67)74)70-55(49-24-7-2-8-25-49)36-20-37-56(70)50-26-9-3-10-27-50;/h1-43,45,47H;/q-3;. The van der Waals surface area contributed by atoms with Crippen LogP contribution in [-0.4, -0.2) is 9.38 Å². The number of fused-ring (bicyclic) bond motifs is 11. The molecule has 1 aliphatic heterocycles. The average Bonchev–Trinajstić information content (AvgIpc) is 4.28. The van der Waals surface area contributed by atoms with Crippen LogP contribution >= 0.6 is 0 Å². The number of nitrogens with zero attached hydrogens (tertiary/aromatic N) is 4. The van der Waals surface area contributed by atoms with E-state index in [9.17, 15) is 0 Å². The molecule has 0 bridgehead atoms. The van der Waals surface area contributed by atoms with Gasteiger partial charge in [0.05, 0.1) is 0 Å². The number of benzene rings is 11. The van der Waals surface area contributed by atoms with E-state index in [1.165, 1.54) is 0 Å². The van der Waals surface area contributed by atoms with Gasteiger partial charge in [0.2, 0.25) is 0 Å². The number of ether oxygens (including phenoxy) is 1. The molecule has 0 amide bonds. The van der Waals surface area contributed by atoms with Crippen LogP contribution in [0.15, 0.2) is 267 Å². The normalized spacial score (nSPS) is 12.2. The number of rotatable bonds is 8. The zero-order chi connectivity index (χ0) is 50.8. The van der Waals surface area contributed by atoms with Gasteiger partial charge in [-0.1, -0.05) is 223 Å². The molecule has 0 saturated heterocycles. The van der Waals surface area contributed by atoms with Crippen molar-refractivity contribution in [1.29, 1.82) is 0 Å². The van der Waals surface area contributed by atoms with Crippen molar-refractivity contribution >= 4 is 82.5 Å². The second-order valence-corrected chi connectivity index (χ2v) is 19.5. The average molecular weight is 1180 g/mol. The van der Waals surface area contributed by atoms with E-state index in [0.717, 1.165) is 127 Å². The van der Waals surface area contributed by atoms with Crippen LogP contribution < -0.4 is 14.5 Å². The Morgan fingerprint density at radius 3 is 1.47 bits per heavy atom. The second-order valence-electron chi connectivity index (χ2n) is 19.5. The summed E-state index contributed by atoms with van der Waals surface area (Å²) in [6.45, 7) is 2.19. The number of hydrogen-bond donors (Lipinski definition) is 0. The van der Waals surface area contributed by atoms with Gasteiger partial charge in [-0.25, -0.2) is 4.98 Å². The Balaban J connectivity index is 0.00000552. The molecule has 0 aliphatic carbocycles. The van der Waals surface area contributed by atoms with E-state index in [1.807, 2.05) is 24.4 Å². The third-order valence-electron chi connectivity index (χ3n) is 15.1. The maximum Gasteiger partial charge on any atom is 0.143 e. The first-order valence-electron chi connectivity index (χ1n) is 26.0. The fraction of sp³-hybridized carbons (Fsp3) is 0. The fourth-order valence-electron chi connectivity index (χ4n) is 11.6. The SMILES string of the molecule is [Pt].[c-]1c(Oc2[c-]c3c(cc2-c2ccccc2)c2cc(-c4ccccc4)cc4c5ccccc5c5ccccc5c5cccnc5n3c42)cccc1N1[CH-]N(c2c(-c3ccccc3)cccc2-c2ccccc2)c2ccccc21. The van der Waals surface area contributed by atoms with Gasteiger partial charge < -0.3 is 18.9 Å². The van der Waals surface area contributed by atoms with Crippen molar-refractivity contribution in [3.05, 3.63) is 286 Å². The van der Waals surface area contributed by atoms with Gasteiger partial charge in [-0.2, -0.15) is 12.1 Å². The third kappa shape index (κ3) is 7.85.